The van der Waals surface area contributed by atoms with E-state index in [1.807, 2.05) is 29.3 Å². The fourth-order valence-electron chi connectivity index (χ4n) is 5.37. The number of nitrogens with one attached hydrogen (secondary N) is 1. The molecule has 2 bridgehead atoms. The van der Waals surface area contributed by atoms with Gasteiger partial charge in [0.05, 0.1) is 46.3 Å². The summed E-state index contributed by atoms with van der Waals surface area (Å²) in [7, 11) is -2.30. The second-order valence-corrected chi connectivity index (χ2v) is 14.5. The Balaban J connectivity index is 1.23. The van der Waals surface area contributed by atoms with Crippen LogP contribution >= 0.6 is 11.3 Å². The van der Waals surface area contributed by atoms with Gasteiger partial charge >= 0.3 is 0 Å². The number of nitriles is 1. The summed E-state index contributed by atoms with van der Waals surface area (Å²) < 4.78 is 17.7. The molecule has 4 aromatic heterocycles. The highest BCUT2D eigenvalue weighted by atomic mass is 32.2. The summed E-state index contributed by atoms with van der Waals surface area (Å²) in [5, 5.41) is 27.7. The molecule has 212 valence electrons. The third kappa shape index (κ3) is 5.34. The van der Waals surface area contributed by atoms with E-state index in [4.69, 9.17) is 4.98 Å². The molecule has 0 spiro atoms. The van der Waals surface area contributed by atoms with Gasteiger partial charge in [-0.2, -0.15) is 10.4 Å². The molecular weight excluding hydrogens is 560 g/mol. The summed E-state index contributed by atoms with van der Waals surface area (Å²) in [6.45, 7) is 5.48. The Bertz CT molecular complexity index is 1790. The number of hydrogen-bond acceptors (Lipinski definition) is 11. The van der Waals surface area contributed by atoms with Gasteiger partial charge in [-0.1, -0.05) is 11.3 Å². The van der Waals surface area contributed by atoms with Crippen LogP contribution in [0.25, 0.3) is 27.5 Å². The molecule has 14 heteroatoms. The molecule has 0 saturated carbocycles. The molecule has 1 N–H and O–H groups in total. The number of carbonyl (C=O) groups is 1. The van der Waals surface area contributed by atoms with Crippen LogP contribution in [0.15, 0.2) is 41.0 Å². The zero-order chi connectivity index (χ0) is 28.9. The minimum atomic E-state index is -2.30. The van der Waals surface area contributed by atoms with Gasteiger partial charge in [-0.05, 0) is 44.5 Å². The van der Waals surface area contributed by atoms with Crippen molar-refractivity contribution in [3.8, 4) is 28.0 Å². The van der Waals surface area contributed by atoms with Crippen molar-refractivity contribution in [2.75, 3.05) is 42.4 Å². The van der Waals surface area contributed by atoms with Crippen molar-refractivity contribution in [2.45, 2.75) is 38.4 Å². The molecule has 3 aliphatic heterocycles. The van der Waals surface area contributed by atoms with E-state index < -0.39 is 9.73 Å². The number of anilines is 2. The van der Waals surface area contributed by atoms with Gasteiger partial charge in [-0.3, -0.25) is 14.0 Å². The van der Waals surface area contributed by atoms with Gasteiger partial charge in [-0.25, -0.2) is 8.88 Å². The fraction of sp³-hybridized carbons (Fsp3) is 0.407. The van der Waals surface area contributed by atoms with Crippen LogP contribution < -0.4 is 10.2 Å². The molecule has 0 aromatic carbocycles. The van der Waals surface area contributed by atoms with Gasteiger partial charge in [0.1, 0.15) is 12.6 Å². The van der Waals surface area contributed by atoms with Crippen LogP contribution in [0.3, 0.4) is 0 Å². The van der Waals surface area contributed by atoms with Crippen LogP contribution in [0.5, 0.6) is 0 Å². The molecule has 4 aromatic rings. The topological polar surface area (TPSA) is 145 Å². The monoisotopic (exact) mass is 590 g/mol. The Morgan fingerprint density at radius 1 is 1.22 bits per heavy atom. The van der Waals surface area contributed by atoms with Gasteiger partial charge in [-0.15, -0.1) is 10.2 Å². The second-order valence-electron chi connectivity index (χ2n) is 10.9. The van der Waals surface area contributed by atoms with Crippen molar-refractivity contribution >= 4 is 43.3 Å². The van der Waals surface area contributed by atoms with Gasteiger partial charge < -0.3 is 15.1 Å². The Hall–Kier alpha value is -4.09. The maximum atomic E-state index is 12.7. The van der Waals surface area contributed by atoms with E-state index in [1.54, 1.807) is 29.3 Å². The number of piperazine rings is 1. The fourth-order valence-corrected chi connectivity index (χ4v) is 6.68. The van der Waals surface area contributed by atoms with E-state index in [9.17, 15) is 14.3 Å². The minimum absolute atomic E-state index is 0.0353. The molecule has 3 fully saturated rings. The molecule has 0 aliphatic carbocycles. The van der Waals surface area contributed by atoms with E-state index in [-0.39, 0.29) is 30.6 Å². The molecule has 2 unspecified atom stereocenters. The van der Waals surface area contributed by atoms with E-state index in [2.05, 4.69) is 49.8 Å². The minimum Gasteiger partial charge on any atom is -0.382 e. The number of piperidine rings is 1. The lowest BCUT2D eigenvalue weighted by atomic mass is 9.87. The van der Waals surface area contributed by atoms with Gasteiger partial charge in [0.2, 0.25) is 11.0 Å². The summed E-state index contributed by atoms with van der Waals surface area (Å²) in [4.78, 5) is 21.5. The highest BCUT2D eigenvalue weighted by Gasteiger charge is 2.47. The number of amides is 1. The van der Waals surface area contributed by atoms with Crippen LogP contribution in [0.4, 0.5) is 10.8 Å². The number of fused-ring (bicyclic) bond motifs is 3. The Kier molecular flexibility index (Phi) is 6.87. The molecule has 7 heterocycles. The first-order valence-corrected chi connectivity index (χ1v) is 16.4. The summed E-state index contributed by atoms with van der Waals surface area (Å²) in [5.74, 6) is -0.0627. The Morgan fingerprint density at radius 3 is 2.71 bits per heavy atom. The zero-order valence-electron chi connectivity index (χ0n) is 23.2. The number of aromatic nitrogens is 5. The SMILES string of the molecule is CC(C)Nc1cc(-c2ccc3cc(C#N)cnn23)ncc1-c1nnc(N2CC3CC(C2)N3C(=O)CN=S(C)(C)=O)s1. The van der Waals surface area contributed by atoms with Crippen LogP contribution in [-0.2, 0) is 14.5 Å². The summed E-state index contributed by atoms with van der Waals surface area (Å²) >= 11 is 1.51. The number of pyridine rings is 1. The lowest BCUT2D eigenvalue weighted by molar-refractivity contribution is -0.144. The van der Waals surface area contributed by atoms with Crippen molar-refractivity contribution in [1.82, 2.24) is 29.7 Å². The van der Waals surface area contributed by atoms with E-state index in [1.165, 1.54) is 11.3 Å². The van der Waals surface area contributed by atoms with Crippen molar-refractivity contribution < 1.29 is 9.00 Å². The van der Waals surface area contributed by atoms with E-state index in [0.717, 1.165) is 44.7 Å². The summed E-state index contributed by atoms with van der Waals surface area (Å²) in [6.07, 6.45) is 7.40. The highest BCUT2D eigenvalue weighted by Crippen LogP contribution is 2.39. The van der Waals surface area contributed by atoms with Crippen LogP contribution in [0, 0.1) is 11.3 Å². The molecule has 12 nitrogen and oxygen atoms in total. The van der Waals surface area contributed by atoms with E-state index in [0.29, 0.717) is 18.7 Å². The third-order valence-electron chi connectivity index (χ3n) is 7.15. The number of carbonyl (C=O) groups excluding carboxylic acids is 1. The maximum absolute atomic E-state index is 12.7. The molecule has 1 amide bonds. The Labute approximate surface area is 242 Å². The van der Waals surface area contributed by atoms with Gasteiger partial charge in [0.25, 0.3) is 0 Å². The normalized spacial score (nSPS) is 18.3. The van der Waals surface area contributed by atoms with Crippen molar-refractivity contribution in [3.63, 3.8) is 0 Å². The lowest BCUT2D eigenvalue weighted by Crippen LogP contribution is -2.70. The van der Waals surface area contributed by atoms with Crippen molar-refractivity contribution in [2.24, 2.45) is 4.36 Å². The number of hydrogen-bond donors (Lipinski definition) is 1. The quantitative estimate of drug-likeness (QED) is 0.343. The van der Waals surface area contributed by atoms with Crippen molar-refractivity contribution in [3.05, 3.63) is 42.2 Å². The average molecular weight is 591 g/mol. The second kappa shape index (κ2) is 10.4. The predicted molar refractivity (Wildman–Crippen MR) is 159 cm³/mol. The highest BCUT2D eigenvalue weighted by molar-refractivity contribution is 7.92. The summed E-state index contributed by atoms with van der Waals surface area (Å²) in [5.41, 5.74) is 4.64. The molecular formula is C27H30N10O2S2. The van der Waals surface area contributed by atoms with Gasteiger partial charge in [0.15, 0.2) is 5.01 Å². The first-order chi connectivity index (χ1) is 19.6. The zero-order valence-corrected chi connectivity index (χ0v) is 24.8. The number of rotatable bonds is 7. The molecule has 7 rings (SSSR count). The third-order valence-corrected chi connectivity index (χ3v) is 8.92. The molecule has 3 saturated heterocycles. The first-order valence-electron chi connectivity index (χ1n) is 13.3. The van der Waals surface area contributed by atoms with Gasteiger partial charge in [0, 0.05) is 53.3 Å². The molecule has 41 heavy (non-hydrogen) atoms. The van der Waals surface area contributed by atoms with Crippen LogP contribution in [0.1, 0.15) is 25.8 Å². The number of nitrogens with zero attached hydrogens (tertiary/aromatic N) is 9. The maximum Gasteiger partial charge on any atom is 0.245 e. The van der Waals surface area contributed by atoms with E-state index >= 15 is 0 Å². The standard InChI is InChI=1S/C27H30N10O2S2/c1-16(2)32-22-9-23(24-6-5-18-7-17(10-28)11-30-37(18)24)29-12-21(22)26-33-34-27(40-26)35-14-19-8-20(15-35)36(19)25(38)13-31-41(3,4)39/h5-7,9,11-12,16,19-20H,8,13-15H2,1-4H3,(H,29,32). The van der Waals surface area contributed by atoms with Crippen LogP contribution in [-0.4, -0.2) is 90.1 Å². The molecule has 3 aliphatic rings. The molecule has 2 atom stereocenters. The van der Waals surface area contributed by atoms with Crippen molar-refractivity contribution in [1.29, 1.82) is 5.26 Å². The Morgan fingerprint density at radius 2 is 2.00 bits per heavy atom. The largest absolute Gasteiger partial charge is 0.382 e. The first kappa shape index (κ1) is 27.1. The average Bonchev–Trinajstić information content (AvgIpc) is 3.59. The predicted octanol–water partition coefficient (Wildman–Crippen LogP) is 3.12. The smallest absolute Gasteiger partial charge is 0.245 e. The summed E-state index contributed by atoms with van der Waals surface area (Å²) in [6, 6.07) is 10.2. The van der Waals surface area contributed by atoms with Crippen LogP contribution in [0.2, 0.25) is 0 Å². The lowest BCUT2D eigenvalue weighted by Gasteiger charge is -2.56. The molecule has 0 radical (unpaired) electrons.